The smallest absolute Gasteiger partial charge is 0.337 e. The number of nitrogens with zero attached hydrogens (tertiary/aromatic N) is 2. The van der Waals surface area contributed by atoms with Gasteiger partial charge in [0, 0.05) is 26.2 Å². The third-order valence-electron chi connectivity index (χ3n) is 4.23. The molecule has 0 saturated carbocycles. The summed E-state index contributed by atoms with van der Waals surface area (Å²) in [7, 11) is -4.32. The largest absolute Gasteiger partial charge is 0.478 e. The molecular weight excluding hydrogens is 366 g/mol. The molecule has 1 saturated heterocycles. The lowest BCUT2D eigenvalue weighted by Crippen LogP contribution is -2.49. The van der Waals surface area contributed by atoms with Crippen molar-refractivity contribution in [1.82, 2.24) is 4.31 Å². The van der Waals surface area contributed by atoms with Gasteiger partial charge in [0.25, 0.3) is 0 Å². The minimum absolute atomic E-state index is 0.00986. The number of benzene rings is 2. The van der Waals surface area contributed by atoms with Gasteiger partial charge in [-0.05, 0) is 24.3 Å². The van der Waals surface area contributed by atoms with Gasteiger partial charge in [-0.1, -0.05) is 18.2 Å². The van der Waals surface area contributed by atoms with Crippen molar-refractivity contribution in [2.24, 2.45) is 0 Å². The molecule has 26 heavy (non-hydrogen) atoms. The maximum atomic E-state index is 13.9. The molecule has 9 heteroatoms. The van der Waals surface area contributed by atoms with E-state index in [1.165, 1.54) is 6.07 Å². The van der Waals surface area contributed by atoms with E-state index in [2.05, 4.69) is 0 Å². The first-order valence-electron chi connectivity index (χ1n) is 7.84. The number of carboxylic acid groups (broad SMARTS) is 1. The van der Waals surface area contributed by atoms with Crippen molar-refractivity contribution in [3.05, 3.63) is 59.7 Å². The van der Waals surface area contributed by atoms with Crippen LogP contribution >= 0.6 is 0 Å². The Hall–Kier alpha value is -2.52. The zero-order valence-corrected chi connectivity index (χ0v) is 14.4. The van der Waals surface area contributed by atoms with Crippen molar-refractivity contribution in [2.75, 3.05) is 31.1 Å². The lowest BCUT2D eigenvalue weighted by molar-refractivity contribution is 0.0697. The summed E-state index contributed by atoms with van der Waals surface area (Å²) in [6.45, 7) is 0.396. The number of carboxylic acids is 1. The highest BCUT2D eigenvalue weighted by Gasteiger charge is 2.33. The molecule has 1 fully saturated rings. The maximum absolute atomic E-state index is 13.9. The molecule has 0 unspecified atom stereocenters. The molecule has 2 aromatic carbocycles. The molecule has 0 radical (unpaired) electrons. The highest BCUT2D eigenvalue weighted by Crippen LogP contribution is 2.26. The van der Waals surface area contributed by atoms with Crippen LogP contribution in [0.4, 0.5) is 14.5 Å². The number of aromatic carboxylic acids is 1. The molecule has 1 aliphatic heterocycles. The minimum atomic E-state index is -4.32. The van der Waals surface area contributed by atoms with Crippen LogP contribution in [-0.4, -0.2) is 50.0 Å². The van der Waals surface area contributed by atoms with Gasteiger partial charge in [-0.3, -0.25) is 0 Å². The zero-order chi connectivity index (χ0) is 18.9. The third-order valence-corrected chi connectivity index (χ3v) is 6.18. The Bertz CT molecular complexity index is 921. The van der Waals surface area contributed by atoms with Crippen LogP contribution in [0, 0.1) is 11.6 Å². The molecule has 1 heterocycles. The molecule has 0 atom stereocenters. The van der Waals surface area contributed by atoms with Crippen molar-refractivity contribution in [2.45, 2.75) is 4.90 Å². The van der Waals surface area contributed by atoms with Gasteiger partial charge < -0.3 is 10.0 Å². The van der Waals surface area contributed by atoms with Crippen molar-refractivity contribution < 1.29 is 27.1 Å². The van der Waals surface area contributed by atoms with E-state index in [1.54, 1.807) is 23.1 Å². The van der Waals surface area contributed by atoms with Gasteiger partial charge in [0.1, 0.15) is 11.6 Å². The lowest BCUT2D eigenvalue weighted by atomic mass is 10.1. The first-order valence-corrected chi connectivity index (χ1v) is 9.28. The van der Waals surface area contributed by atoms with Crippen LogP contribution in [-0.2, 0) is 10.0 Å². The number of anilines is 1. The van der Waals surface area contributed by atoms with Crippen LogP contribution in [0.1, 0.15) is 10.4 Å². The van der Waals surface area contributed by atoms with Gasteiger partial charge in [-0.25, -0.2) is 22.0 Å². The normalized spacial score (nSPS) is 15.8. The molecule has 0 spiro atoms. The van der Waals surface area contributed by atoms with Crippen molar-refractivity contribution >= 4 is 21.7 Å². The third kappa shape index (κ3) is 3.27. The average Bonchev–Trinajstić information content (AvgIpc) is 2.61. The van der Waals surface area contributed by atoms with Gasteiger partial charge in [0.2, 0.25) is 10.0 Å². The topological polar surface area (TPSA) is 77.9 Å². The zero-order valence-electron chi connectivity index (χ0n) is 13.6. The fourth-order valence-electron chi connectivity index (χ4n) is 2.96. The Morgan fingerprint density at radius 2 is 1.50 bits per heavy atom. The summed E-state index contributed by atoms with van der Waals surface area (Å²) in [6.07, 6.45) is 0. The number of hydrogen-bond acceptors (Lipinski definition) is 4. The average molecular weight is 382 g/mol. The quantitative estimate of drug-likeness (QED) is 0.877. The van der Waals surface area contributed by atoms with Gasteiger partial charge in [0.15, 0.2) is 4.90 Å². The predicted octanol–water partition coefficient (Wildman–Crippen LogP) is 2.17. The van der Waals surface area contributed by atoms with E-state index in [-0.39, 0.29) is 31.7 Å². The van der Waals surface area contributed by atoms with Gasteiger partial charge in [0.05, 0.1) is 11.3 Å². The highest BCUT2D eigenvalue weighted by molar-refractivity contribution is 7.89. The molecular formula is C17H16F2N2O4S. The molecule has 2 aromatic rings. The molecule has 138 valence electrons. The summed E-state index contributed by atoms with van der Waals surface area (Å²) in [4.78, 5) is 12.1. The number of sulfonamides is 1. The van der Waals surface area contributed by atoms with Crippen LogP contribution in [0.15, 0.2) is 47.4 Å². The first kappa shape index (κ1) is 18.3. The molecule has 3 rings (SSSR count). The van der Waals surface area contributed by atoms with Crippen LogP contribution in [0.2, 0.25) is 0 Å². The number of para-hydroxylation sites is 1. The molecule has 0 bridgehead atoms. The summed E-state index contributed by atoms with van der Waals surface area (Å²) in [5.74, 6) is -3.35. The van der Waals surface area contributed by atoms with Gasteiger partial charge in [-0.15, -0.1) is 0 Å². The number of rotatable bonds is 4. The van der Waals surface area contributed by atoms with E-state index in [0.717, 1.165) is 22.5 Å². The molecule has 1 aliphatic rings. The Morgan fingerprint density at radius 1 is 0.923 bits per heavy atom. The Labute approximate surface area is 149 Å². The van der Waals surface area contributed by atoms with Crippen molar-refractivity contribution in [1.29, 1.82) is 0 Å². The Kier molecular flexibility index (Phi) is 4.92. The monoisotopic (exact) mass is 382 g/mol. The maximum Gasteiger partial charge on any atom is 0.337 e. The van der Waals surface area contributed by atoms with Crippen LogP contribution in [0.5, 0.6) is 0 Å². The highest BCUT2D eigenvalue weighted by atomic mass is 32.2. The van der Waals surface area contributed by atoms with E-state index in [9.17, 15) is 27.1 Å². The number of hydrogen-bond donors (Lipinski definition) is 1. The predicted molar refractivity (Wildman–Crippen MR) is 90.7 cm³/mol. The number of carbonyl (C=O) groups is 1. The Balaban J connectivity index is 1.82. The summed E-state index contributed by atoms with van der Waals surface area (Å²) in [6, 6.07) is 9.31. The van der Waals surface area contributed by atoms with Crippen LogP contribution in [0.3, 0.4) is 0 Å². The molecule has 0 aromatic heterocycles. The van der Waals surface area contributed by atoms with Gasteiger partial charge >= 0.3 is 5.97 Å². The van der Waals surface area contributed by atoms with Crippen LogP contribution in [0.25, 0.3) is 0 Å². The molecule has 0 amide bonds. The summed E-state index contributed by atoms with van der Waals surface area (Å²) in [5, 5.41) is 9.27. The number of halogens is 2. The molecule has 1 N–H and O–H groups in total. The van der Waals surface area contributed by atoms with E-state index in [1.807, 2.05) is 0 Å². The van der Waals surface area contributed by atoms with E-state index >= 15 is 0 Å². The fraction of sp³-hybridized carbons (Fsp3) is 0.235. The SMILES string of the molecule is O=C(O)c1ccccc1N1CCN(S(=O)(=O)c2c(F)cccc2F)CC1. The van der Waals surface area contributed by atoms with Crippen molar-refractivity contribution in [3.63, 3.8) is 0 Å². The first-order chi connectivity index (χ1) is 12.3. The van der Waals surface area contributed by atoms with Crippen LogP contribution < -0.4 is 4.90 Å². The second kappa shape index (κ2) is 7.00. The van der Waals surface area contributed by atoms with Crippen molar-refractivity contribution in [3.8, 4) is 0 Å². The molecule has 6 nitrogen and oxygen atoms in total. The summed E-state index contributed by atoms with van der Waals surface area (Å²) >= 11 is 0. The summed E-state index contributed by atoms with van der Waals surface area (Å²) < 4.78 is 53.9. The minimum Gasteiger partial charge on any atom is -0.478 e. The number of piperazine rings is 1. The molecule has 0 aliphatic carbocycles. The lowest BCUT2D eigenvalue weighted by Gasteiger charge is -2.36. The second-order valence-corrected chi connectivity index (χ2v) is 7.64. The second-order valence-electron chi connectivity index (χ2n) is 5.76. The van der Waals surface area contributed by atoms with E-state index in [4.69, 9.17) is 0 Å². The van der Waals surface area contributed by atoms with E-state index in [0.29, 0.717) is 5.69 Å². The standard InChI is InChI=1S/C17H16F2N2O4S/c18-13-5-3-6-14(19)16(13)26(24,25)21-10-8-20(9-11-21)15-7-2-1-4-12(15)17(22)23/h1-7H,8-11H2,(H,22,23). The fourth-order valence-corrected chi connectivity index (χ4v) is 4.49. The van der Waals surface area contributed by atoms with Gasteiger partial charge in [-0.2, -0.15) is 4.31 Å². The summed E-state index contributed by atoms with van der Waals surface area (Å²) in [5.41, 5.74) is 0.595. The Morgan fingerprint density at radius 3 is 2.08 bits per heavy atom. The van der Waals surface area contributed by atoms with E-state index < -0.39 is 32.5 Å².